The number of ether oxygens (including phenoxy) is 2. The lowest BCUT2D eigenvalue weighted by Gasteiger charge is -2.44. The number of benzene rings is 2. The average Bonchev–Trinajstić information content (AvgIpc) is 2.96. The monoisotopic (exact) mass is 596 g/mol. The predicted molar refractivity (Wildman–Crippen MR) is 168 cm³/mol. The fourth-order valence-electron chi connectivity index (χ4n) is 6.08. The number of halogens is 1. The number of hydrogen-bond acceptors (Lipinski definition) is 5. The minimum absolute atomic E-state index is 0.0102. The molecule has 220 valence electrons. The van der Waals surface area contributed by atoms with Crippen LogP contribution in [0.15, 0.2) is 65.6 Å². The van der Waals surface area contributed by atoms with Gasteiger partial charge in [-0.05, 0) is 97.7 Å². The quantitative estimate of drug-likeness (QED) is 0.303. The lowest BCUT2D eigenvalue weighted by molar-refractivity contribution is -0.00208. The molecule has 2 bridgehead atoms. The largest absolute Gasteiger partial charge is 0.491 e. The Hall–Kier alpha value is -2.61. The number of carbonyl (C=O) groups excluding carboxylic acids is 1. The Bertz CT molecular complexity index is 1370. The molecule has 0 radical (unpaired) electrons. The normalized spacial score (nSPS) is 28.4. The third kappa shape index (κ3) is 7.62. The molecule has 2 heterocycles. The Morgan fingerprint density at radius 3 is 2.88 bits per heavy atom. The van der Waals surface area contributed by atoms with E-state index in [1.807, 2.05) is 25.1 Å². The van der Waals surface area contributed by atoms with Gasteiger partial charge in [0.15, 0.2) is 0 Å². The number of carbonyl (C=O) groups is 1. The smallest absolute Gasteiger partial charge is 0.284 e. The van der Waals surface area contributed by atoms with Crippen molar-refractivity contribution in [2.45, 2.75) is 58.1 Å². The summed E-state index contributed by atoms with van der Waals surface area (Å²) in [4.78, 5) is 15.5. The van der Waals surface area contributed by atoms with Crippen molar-refractivity contribution in [3.8, 4) is 5.75 Å². The molecule has 2 aliphatic heterocycles. The minimum Gasteiger partial charge on any atom is -0.491 e. The number of fused-ring (bicyclic) bond motifs is 3. The van der Waals surface area contributed by atoms with Gasteiger partial charge < -0.3 is 14.4 Å². The van der Waals surface area contributed by atoms with Crippen molar-refractivity contribution >= 4 is 33.8 Å². The second-order valence-corrected chi connectivity index (χ2v) is 13.3. The fraction of sp³-hybridized carbons (Fsp3) is 0.485. The molecule has 1 amide bonds. The van der Waals surface area contributed by atoms with E-state index in [0.29, 0.717) is 42.9 Å². The first-order valence-corrected chi connectivity index (χ1v) is 16.6. The van der Waals surface area contributed by atoms with Gasteiger partial charge in [0.1, 0.15) is 5.75 Å². The van der Waals surface area contributed by atoms with Crippen LogP contribution in [0.4, 0.5) is 5.69 Å². The molecular weight excluding hydrogens is 556 g/mol. The Morgan fingerprint density at radius 2 is 2.07 bits per heavy atom. The summed E-state index contributed by atoms with van der Waals surface area (Å²) in [6.45, 7) is 8.45. The SMILES string of the molecule is C=CCO[C@H]1/C=C/C[C@H](C)C/[SH](=O)=N\C(=O)c2ccc3c(c2)N(Cc2ccc(Cl)cc2CCCCO3)C[C@@H]2CC[C@H]21. The first-order chi connectivity index (χ1) is 19.9. The molecule has 2 aromatic rings. The second-order valence-electron chi connectivity index (χ2n) is 11.6. The molecule has 41 heavy (non-hydrogen) atoms. The van der Waals surface area contributed by atoms with Gasteiger partial charge in [-0.25, -0.2) is 0 Å². The lowest BCUT2D eigenvalue weighted by atomic mass is 9.70. The number of allylic oxidation sites excluding steroid dienone is 1. The van der Waals surface area contributed by atoms with E-state index in [4.69, 9.17) is 21.1 Å². The van der Waals surface area contributed by atoms with Gasteiger partial charge in [0, 0.05) is 40.0 Å². The molecule has 3 aliphatic rings. The maximum atomic E-state index is 13.2. The topological polar surface area (TPSA) is 68.2 Å². The van der Waals surface area contributed by atoms with Crippen LogP contribution in [0.5, 0.6) is 5.75 Å². The average molecular weight is 597 g/mol. The molecule has 8 heteroatoms. The van der Waals surface area contributed by atoms with Crippen molar-refractivity contribution in [1.82, 2.24) is 0 Å². The second kappa shape index (κ2) is 14.0. The summed E-state index contributed by atoms with van der Waals surface area (Å²) in [5.74, 6) is 1.61. The predicted octanol–water partition coefficient (Wildman–Crippen LogP) is 7.06. The van der Waals surface area contributed by atoms with Crippen LogP contribution in [0, 0.1) is 17.8 Å². The van der Waals surface area contributed by atoms with Gasteiger partial charge in [0.25, 0.3) is 5.91 Å². The van der Waals surface area contributed by atoms with E-state index in [-0.39, 0.29) is 12.0 Å². The van der Waals surface area contributed by atoms with Crippen molar-refractivity contribution in [2.24, 2.45) is 22.1 Å². The molecule has 0 spiro atoms. The van der Waals surface area contributed by atoms with Crippen molar-refractivity contribution in [3.05, 3.63) is 82.9 Å². The first kappa shape index (κ1) is 29.9. The van der Waals surface area contributed by atoms with Crippen molar-refractivity contribution in [2.75, 3.05) is 30.4 Å². The van der Waals surface area contributed by atoms with Crippen LogP contribution in [0.2, 0.25) is 5.02 Å². The first-order valence-electron chi connectivity index (χ1n) is 14.8. The van der Waals surface area contributed by atoms with E-state index < -0.39 is 16.5 Å². The number of hydrogen-bond donors (Lipinski definition) is 1. The van der Waals surface area contributed by atoms with Gasteiger partial charge in [-0.1, -0.05) is 42.8 Å². The minimum atomic E-state index is -2.01. The Morgan fingerprint density at radius 1 is 1.20 bits per heavy atom. The maximum absolute atomic E-state index is 13.2. The Labute approximate surface area is 251 Å². The van der Waals surface area contributed by atoms with E-state index >= 15 is 0 Å². The number of amides is 1. The van der Waals surface area contributed by atoms with Gasteiger partial charge in [-0.15, -0.1) is 6.58 Å². The molecule has 1 fully saturated rings. The zero-order chi connectivity index (χ0) is 28.8. The lowest BCUT2D eigenvalue weighted by Crippen LogP contribution is -2.43. The van der Waals surface area contributed by atoms with Crippen LogP contribution in [0.25, 0.3) is 0 Å². The van der Waals surface area contributed by atoms with Crippen LogP contribution in [0.3, 0.4) is 0 Å². The van der Waals surface area contributed by atoms with E-state index in [1.54, 1.807) is 12.1 Å². The highest BCUT2D eigenvalue weighted by Gasteiger charge is 2.38. The van der Waals surface area contributed by atoms with Crippen molar-refractivity contribution < 1.29 is 18.5 Å². The van der Waals surface area contributed by atoms with Gasteiger partial charge in [-0.3, -0.25) is 9.00 Å². The van der Waals surface area contributed by atoms with Crippen LogP contribution >= 0.6 is 11.6 Å². The third-order valence-corrected chi connectivity index (χ3v) is 10.0. The Balaban J connectivity index is 1.59. The number of anilines is 1. The molecule has 5 rings (SSSR count). The summed E-state index contributed by atoms with van der Waals surface area (Å²) >= 11 is 6.42. The highest BCUT2D eigenvalue weighted by atomic mass is 35.5. The molecule has 1 saturated carbocycles. The van der Waals surface area contributed by atoms with Crippen molar-refractivity contribution in [1.29, 1.82) is 0 Å². The molecular formula is C33H41ClN2O4S. The van der Waals surface area contributed by atoms with E-state index in [0.717, 1.165) is 61.5 Å². The van der Waals surface area contributed by atoms with Gasteiger partial charge >= 0.3 is 0 Å². The number of rotatable bonds is 3. The van der Waals surface area contributed by atoms with E-state index in [1.165, 1.54) is 11.1 Å². The van der Waals surface area contributed by atoms with E-state index in [2.05, 4.69) is 40.1 Å². The van der Waals surface area contributed by atoms with Gasteiger partial charge in [-0.2, -0.15) is 4.36 Å². The van der Waals surface area contributed by atoms with Crippen LogP contribution < -0.4 is 9.64 Å². The van der Waals surface area contributed by atoms with Crippen LogP contribution in [0.1, 0.15) is 60.5 Å². The zero-order valence-electron chi connectivity index (χ0n) is 23.8. The molecule has 0 aromatic heterocycles. The number of thiol groups is 1. The number of nitrogens with zero attached hydrogens (tertiary/aromatic N) is 2. The maximum Gasteiger partial charge on any atom is 0.284 e. The summed E-state index contributed by atoms with van der Waals surface area (Å²) in [6.07, 6.45) is 11.9. The summed E-state index contributed by atoms with van der Waals surface area (Å²) in [5.41, 5.74) is 3.78. The third-order valence-electron chi connectivity index (χ3n) is 8.47. The van der Waals surface area contributed by atoms with E-state index in [9.17, 15) is 9.00 Å². The summed E-state index contributed by atoms with van der Waals surface area (Å²) in [6, 6.07) is 11.7. The van der Waals surface area contributed by atoms with Crippen LogP contribution in [-0.2, 0) is 28.3 Å². The standard InChI is InChI=1S/C33H41ClN2O4S/c1-3-16-39-31-9-6-7-23(2)22-41(38)35-33(37)25-12-15-32-30(19-25)36(21-27-11-14-29(27)31)20-26-10-13-28(34)18-24(26)8-4-5-17-40-32/h3,6,9-10,12-13,15,18-19,23,27,29,31,41H,1,4-5,7-8,11,14,16-17,20-22H2,2H3/b9-6+/t23-,27-,29+,31-/m0/s1. The summed E-state index contributed by atoms with van der Waals surface area (Å²) < 4.78 is 29.5. The molecule has 0 N–H and O–H groups in total. The van der Waals surface area contributed by atoms with Crippen LogP contribution in [-0.4, -0.2) is 41.7 Å². The Kier molecular flexibility index (Phi) is 10.2. The molecule has 6 nitrogen and oxygen atoms in total. The fourth-order valence-corrected chi connectivity index (χ4v) is 7.36. The molecule has 1 unspecified atom stereocenters. The van der Waals surface area contributed by atoms with Gasteiger partial charge in [0.05, 0.1) is 25.0 Å². The highest BCUT2D eigenvalue weighted by molar-refractivity contribution is 7.75. The zero-order valence-corrected chi connectivity index (χ0v) is 25.5. The molecule has 0 saturated heterocycles. The summed E-state index contributed by atoms with van der Waals surface area (Å²) in [7, 11) is -2.01. The molecule has 1 aliphatic carbocycles. The van der Waals surface area contributed by atoms with Crippen molar-refractivity contribution in [3.63, 3.8) is 0 Å². The molecule has 5 atom stereocenters. The summed E-state index contributed by atoms with van der Waals surface area (Å²) in [5, 5.41) is 0.745. The van der Waals surface area contributed by atoms with Gasteiger partial charge in [0.2, 0.25) is 0 Å². The molecule has 2 aromatic carbocycles. The number of aryl methyl sites for hydroxylation is 1. The highest BCUT2D eigenvalue weighted by Crippen LogP contribution is 2.42.